The Morgan fingerprint density at radius 3 is 2.46 bits per heavy atom. The number of rotatable bonds is 7. The minimum absolute atomic E-state index is 0.162. The minimum atomic E-state index is 0.162. The lowest BCUT2D eigenvalue weighted by Crippen LogP contribution is -2.49. The van der Waals surface area contributed by atoms with Gasteiger partial charge in [-0.25, -0.2) is 4.98 Å². The van der Waals surface area contributed by atoms with Gasteiger partial charge in [0, 0.05) is 50.0 Å². The SMILES string of the molecule is O=C(c1ccc(CCc2n[nH]c3ccnc(NC4CCCCC4)c23)cc1)N1CCN(C2CC2)CC1. The molecule has 2 N–H and O–H groups in total. The number of fused-ring (bicyclic) bond motifs is 1. The fourth-order valence-electron chi connectivity index (χ4n) is 5.75. The van der Waals surface area contributed by atoms with Gasteiger partial charge in [0.2, 0.25) is 0 Å². The van der Waals surface area contributed by atoms with E-state index in [-0.39, 0.29) is 5.91 Å². The molecule has 3 heterocycles. The molecule has 0 bridgehead atoms. The van der Waals surface area contributed by atoms with Crippen LogP contribution in [0.25, 0.3) is 10.9 Å². The first-order valence-electron chi connectivity index (χ1n) is 13.5. The Morgan fingerprint density at radius 1 is 0.943 bits per heavy atom. The fraction of sp³-hybridized carbons (Fsp3) is 0.536. The van der Waals surface area contributed by atoms with E-state index in [4.69, 9.17) is 0 Å². The maximum Gasteiger partial charge on any atom is 0.253 e. The van der Waals surface area contributed by atoms with Gasteiger partial charge >= 0.3 is 0 Å². The van der Waals surface area contributed by atoms with Gasteiger partial charge in [-0.3, -0.25) is 14.8 Å². The average molecular weight is 473 g/mol. The third kappa shape index (κ3) is 5.06. The Balaban J connectivity index is 1.08. The molecule has 0 spiro atoms. The maximum atomic E-state index is 13.0. The molecule has 6 rings (SSSR count). The third-order valence-corrected chi connectivity index (χ3v) is 8.01. The van der Waals surface area contributed by atoms with Gasteiger partial charge < -0.3 is 10.2 Å². The second-order valence-electron chi connectivity index (χ2n) is 10.5. The number of benzene rings is 1. The lowest BCUT2D eigenvalue weighted by atomic mass is 9.95. The van der Waals surface area contributed by atoms with Crippen LogP contribution < -0.4 is 5.32 Å². The molecule has 1 amide bonds. The van der Waals surface area contributed by atoms with Crippen LogP contribution in [-0.2, 0) is 12.8 Å². The standard InChI is InChI=1S/C28H36N6O/c35-28(34-18-16-33(17-19-34)23-11-12-23)21-9-6-20(7-10-21)8-13-24-26-25(32-31-24)14-15-29-27(26)30-22-4-2-1-3-5-22/h6-7,9-10,14-15,22-23H,1-5,8,11-13,16-19H2,(H,29,30)(H,31,32). The number of pyridine rings is 1. The van der Waals surface area contributed by atoms with E-state index in [1.54, 1.807) is 0 Å². The number of carbonyl (C=O) groups is 1. The van der Waals surface area contributed by atoms with Crippen LogP contribution in [0.15, 0.2) is 36.5 Å². The molecule has 2 aromatic heterocycles. The zero-order valence-corrected chi connectivity index (χ0v) is 20.5. The second-order valence-corrected chi connectivity index (χ2v) is 10.5. The maximum absolute atomic E-state index is 13.0. The van der Waals surface area contributed by atoms with Crippen LogP contribution in [0.2, 0.25) is 0 Å². The summed E-state index contributed by atoms with van der Waals surface area (Å²) in [5.74, 6) is 1.12. The Morgan fingerprint density at radius 2 is 1.71 bits per heavy atom. The van der Waals surface area contributed by atoms with Gasteiger partial charge in [0.05, 0.1) is 16.6 Å². The number of H-pyrrole nitrogens is 1. The first-order chi connectivity index (χ1) is 17.2. The summed E-state index contributed by atoms with van der Waals surface area (Å²) in [6.45, 7) is 3.71. The van der Waals surface area contributed by atoms with E-state index in [1.165, 1.54) is 50.5 Å². The largest absolute Gasteiger partial charge is 0.367 e. The minimum Gasteiger partial charge on any atom is -0.367 e. The van der Waals surface area contributed by atoms with Gasteiger partial charge in [-0.2, -0.15) is 5.10 Å². The molecule has 1 aromatic carbocycles. The summed E-state index contributed by atoms with van der Waals surface area (Å²) in [5.41, 5.74) is 4.11. The molecule has 3 aliphatic rings. The predicted octanol–water partition coefficient (Wildman–Crippen LogP) is 4.41. The van der Waals surface area contributed by atoms with E-state index in [0.29, 0.717) is 6.04 Å². The monoisotopic (exact) mass is 472 g/mol. The van der Waals surface area contributed by atoms with E-state index in [1.807, 2.05) is 29.3 Å². The Bertz CT molecular complexity index is 1150. The summed E-state index contributed by atoms with van der Waals surface area (Å²) in [4.78, 5) is 22.2. The summed E-state index contributed by atoms with van der Waals surface area (Å²) >= 11 is 0. The molecular formula is C28H36N6O. The number of amides is 1. The van der Waals surface area contributed by atoms with Crippen molar-refractivity contribution < 1.29 is 4.79 Å². The summed E-state index contributed by atoms with van der Waals surface area (Å²) < 4.78 is 0. The number of aromatic amines is 1. The number of piperazine rings is 1. The normalized spacial score (nSPS) is 19.8. The molecule has 35 heavy (non-hydrogen) atoms. The van der Waals surface area contributed by atoms with E-state index in [9.17, 15) is 4.79 Å². The van der Waals surface area contributed by atoms with E-state index >= 15 is 0 Å². The smallest absolute Gasteiger partial charge is 0.253 e. The molecule has 1 saturated heterocycles. The van der Waals surface area contributed by atoms with E-state index < -0.39 is 0 Å². The Labute approximate surface area is 207 Å². The number of hydrogen-bond acceptors (Lipinski definition) is 5. The highest BCUT2D eigenvalue weighted by atomic mass is 16.2. The topological polar surface area (TPSA) is 77.1 Å². The molecule has 1 aliphatic heterocycles. The number of anilines is 1. The van der Waals surface area contributed by atoms with Crippen LogP contribution >= 0.6 is 0 Å². The number of hydrogen-bond donors (Lipinski definition) is 2. The molecule has 0 radical (unpaired) electrons. The summed E-state index contributed by atoms with van der Waals surface area (Å²) in [7, 11) is 0. The van der Waals surface area contributed by atoms with Gasteiger partial charge in [0.25, 0.3) is 5.91 Å². The highest BCUT2D eigenvalue weighted by Gasteiger charge is 2.32. The van der Waals surface area contributed by atoms with Crippen molar-refractivity contribution >= 4 is 22.6 Å². The van der Waals surface area contributed by atoms with Gasteiger partial charge in [-0.15, -0.1) is 0 Å². The van der Waals surface area contributed by atoms with E-state index in [2.05, 4.69) is 37.5 Å². The number of aryl methyl sites for hydroxylation is 2. The number of nitrogens with zero attached hydrogens (tertiary/aromatic N) is 4. The van der Waals surface area contributed by atoms with Crippen molar-refractivity contribution in [3.8, 4) is 0 Å². The Hall–Kier alpha value is -2.93. The van der Waals surface area contributed by atoms with Crippen molar-refractivity contribution in [2.45, 2.75) is 69.9 Å². The average Bonchev–Trinajstić information content (AvgIpc) is 3.68. The van der Waals surface area contributed by atoms with Gasteiger partial charge in [-0.1, -0.05) is 31.4 Å². The van der Waals surface area contributed by atoms with Crippen molar-refractivity contribution in [1.82, 2.24) is 25.0 Å². The molecule has 0 atom stereocenters. The van der Waals surface area contributed by atoms with Crippen LogP contribution in [0.5, 0.6) is 0 Å². The molecule has 0 unspecified atom stereocenters. The molecule has 2 saturated carbocycles. The summed E-state index contributed by atoms with van der Waals surface area (Å²) in [5, 5.41) is 12.6. The fourth-order valence-corrected chi connectivity index (χ4v) is 5.75. The molecule has 7 nitrogen and oxygen atoms in total. The van der Waals surface area contributed by atoms with Crippen LogP contribution in [0.4, 0.5) is 5.82 Å². The second kappa shape index (κ2) is 9.97. The molecule has 3 aromatic rings. The summed E-state index contributed by atoms with van der Waals surface area (Å²) in [6.07, 6.45) is 12.6. The van der Waals surface area contributed by atoms with Crippen molar-refractivity contribution in [3.05, 3.63) is 53.3 Å². The van der Waals surface area contributed by atoms with Gasteiger partial charge in [0.1, 0.15) is 5.82 Å². The lowest BCUT2D eigenvalue weighted by molar-refractivity contribution is 0.0627. The van der Waals surface area contributed by atoms with Gasteiger partial charge in [0.15, 0.2) is 0 Å². The van der Waals surface area contributed by atoms with Crippen molar-refractivity contribution in [3.63, 3.8) is 0 Å². The number of nitrogens with one attached hydrogen (secondary N) is 2. The molecule has 3 fully saturated rings. The Kier molecular flexibility index (Phi) is 6.42. The molecule has 2 aliphatic carbocycles. The quantitative estimate of drug-likeness (QED) is 0.533. The third-order valence-electron chi connectivity index (χ3n) is 8.01. The van der Waals surface area contributed by atoms with Crippen molar-refractivity contribution in [2.75, 3.05) is 31.5 Å². The van der Waals surface area contributed by atoms with Crippen LogP contribution in [0.1, 0.15) is 66.6 Å². The first-order valence-corrected chi connectivity index (χ1v) is 13.5. The zero-order valence-electron chi connectivity index (χ0n) is 20.5. The van der Waals surface area contributed by atoms with Gasteiger partial charge in [-0.05, 0) is 62.3 Å². The number of aromatic nitrogens is 3. The first kappa shape index (κ1) is 22.5. The van der Waals surface area contributed by atoms with Crippen LogP contribution in [0, 0.1) is 0 Å². The predicted molar refractivity (Wildman–Crippen MR) is 139 cm³/mol. The van der Waals surface area contributed by atoms with Crippen LogP contribution in [0.3, 0.4) is 0 Å². The molecule has 184 valence electrons. The highest BCUT2D eigenvalue weighted by molar-refractivity contribution is 5.94. The van der Waals surface area contributed by atoms with Crippen LogP contribution in [-0.4, -0.2) is 69.2 Å². The summed E-state index contributed by atoms with van der Waals surface area (Å²) in [6, 6.07) is 11.5. The molecular weight excluding hydrogens is 436 g/mol. The lowest BCUT2D eigenvalue weighted by Gasteiger charge is -2.34. The molecule has 7 heteroatoms. The zero-order chi connectivity index (χ0) is 23.6. The highest BCUT2D eigenvalue weighted by Crippen LogP contribution is 2.29. The van der Waals surface area contributed by atoms with Crippen molar-refractivity contribution in [1.29, 1.82) is 0 Å². The van der Waals surface area contributed by atoms with E-state index in [0.717, 1.165) is 73.0 Å². The number of carbonyl (C=O) groups excluding carboxylic acids is 1. The van der Waals surface area contributed by atoms with Crippen molar-refractivity contribution in [2.24, 2.45) is 0 Å².